The van der Waals surface area contributed by atoms with Gasteiger partial charge in [-0.05, 0) is 43.7 Å². The summed E-state index contributed by atoms with van der Waals surface area (Å²) in [5.41, 5.74) is 8.46. The van der Waals surface area contributed by atoms with E-state index in [1.807, 2.05) is 10.5 Å². The summed E-state index contributed by atoms with van der Waals surface area (Å²) in [5.74, 6) is -0.238. The molecule has 2 heterocycles. The van der Waals surface area contributed by atoms with Gasteiger partial charge in [-0.15, -0.1) is 0 Å². The molecule has 0 aliphatic rings. The summed E-state index contributed by atoms with van der Waals surface area (Å²) in [5, 5.41) is 6.72. The minimum absolute atomic E-state index is 0.238. The Kier molecular flexibility index (Phi) is 7.66. The van der Waals surface area contributed by atoms with Crippen molar-refractivity contribution in [3.8, 4) is 11.3 Å². The number of halogens is 3. The van der Waals surface area contributed by atoms with Crippen LogP contribution in [0.1, 0.15) is 19.4 Å². The second-order valence-electron chi connectivity index (χ2n) is 8.31. The number of benzene rings is 1. The molecule has 0 saturated carbocycles. The van der Waals surface area contributed by atoms with Crippen LogP contribution >= 0.6 is 0 Å². The van der Waals surface area contributed by atoms with Crippen LogP contribution in [0.15, 0.2) is 60.0 Å². The lowest BCUT2D eigenvalue weighted by Gasteiger charge is -2.17. The number of rotatable bonds is 7. The number of alkyl halides is 3. The number of imidazole rings is 1. The molecule has 36 heavy (non-hydrogen) atoms. The van der Waals surface area contributed by atoms with Gasteiger partial charge in [-0.3, -0.25) is 14.2 Å². The molecule has 0 fully saturated rings. The number of amides is 3. The Labute approximate surface area is 205 Å². The summed E-state index contributed by atoms with van der Waals surface area (Å²) in [4.78, 5) is 32.5. The van der Waals surface area contributed by atoms with E-state index in [-0.39, 0.29) is 5.91 Å². The van der Waals surface area contributed by atoms with Gasteiger partial charge in [-0.1, -0.05) is 12.1 Å². The van der Waals surface area contributed by atoms with Gasteiger partial charge < -0.3 is 21.7 Å². The zero-order valence-electron chi connectivity index (χ0n) is 19.8. The summed E-state index contributed by atoms with van der Waals surface area (Å²) in [7, 11) is 1.54. The Balaban J connectivity index is 1.83. The van der Waals surface area contributed by atoms with E-state index in [1.165, 1.54) is 19.5 Å². The maximum Gasteiger partial charge on any atom is 0.405 e. The molecule has 0 saturated heterocycles. The fourth-order valence-corrected chi connectivity index (χ4v) is 3.30. The van der Waals surface area contributed by atoms with Crippen molar-refractivity contribution in [1.82, 2.24) is 20.0 Å². The lowest BCUT2D eigenvalue weighted by atomic mass is 10.0. The number of aliphatic imine (C=N–C) groups is 1. The van der Waals surface area contributed by atoms with Crippen LogP contribution in [0.4, 0.5) is 23.7 Å². The van der Waals surface area contributed by atoms with Gasteiger partial charge >= 0.3 is 12.2 Å². The number of nitrogens with one attached hydrogen (secondary N) is 3. The molecule has 3 aromatic rings. The molecule has 190 valence electrons. The summed E-state index contributed by atoms with van der Waals surface area (Å²) < 4.78 is 38.7. The van der Waals surface area contributed by atoms with Crippen molar-refractivity contribution < 1.29 is 22.8 Å². The van der Waals surface area contributed by atoms with Crippen LogP contribution in [0.5, 0.6) is 0 Å². The molecule has 0 aliphatic heterocycles. The Bertz CT molecular complexity index is 1330. The van der Waals surface area contributed by atoms with Crippen molar-refractivity contribution in [2.75, 3.05) is 18.9 Å². The molecular weight excluding hydrogens is 475 g/mol. The van der Waals surface area contributed by atoms with Crippen LogP contribution in [-0.2, 0) is 4.79 Å². The van der Waals surface area contributed by atoms with Crippen molar-refractivity contribution in [2.45, 2.75) is 25.6 Å². The molecule has 3 rings (SSSR count). The number of allylic oxidation sites excluding steroid dienone is 1. The molecule has 12 heteroatoms. The number of nitrogens with two attached hydrogens (primary N) is 1. The van der Waals surface area contributed by atoms with E-state index in [1.54, 1.807) is 61.9 Å². The molecular formula is C24H26F3N7O2. The quantitative estimate of drug-likeness (QED) is 0.369. The van der Waals surface area contributed by atoms with Gasteiger partial charge in [0.05, 0.1) is 11.9 Å². The molecule has 0 unspecified atom stereocenters. The first-order valence-corrected chi connectivity index (χ1v) is 10.8. The number of likely N-dealkylation sites (N-methyl/N-ethyl adjacent to an activating group) is 1. The Morgan fingerprint density at radius 1 is 1.19 bits per heavy atom. The molecule has 2 aromatic heterocycles. The highest BCUT2D eigenvalue weighted by Crippen LogP contribution is 2.25. The van der Waals surface area contributed by atoms with Gasteiger partial charge in [0, 0.05) is 42.5 Å². The molecule has 1 aromatic carbocycles. The lowest BCUT2D eigenvalue weighted by Crippen LogP contribution is -2.38. The van der Waals surface area contributed by atoms with Gasteiger partial charge in [0.25, 0.3) is 0 Å². The van der Waals surface area contributed by atoms with E-state index in [0.717, 1.165) is 5.56 Å². The maximum atomic E-state index is 12.3. The first-order chi connectivity index (χ1) is 16.9. The molecule has 0 bridgehead atoms. The third-order valence-corrected chi connectivity index (χ3v) is 5.20. The molecule has 0 aliphatic carbocycles. The number of anilines is 1. The number of carbonyl (C=O) groups is 2. The number of fused-ring (bicyclic) bond motifs is 1. The van der Waals surface area contributed by atoms with Crippen molar-refractivity contribution in [1.29, 1.82) is 0 Å². The first kappa shape index (κ1) is 26.3. The van der Waals surface area contributed by atoms with Crippen LogP contribution in [-0.4, -0.2) is 52.8 Å². The third kappa shape index (κ3) is 6.40. The van der Waals surface area contributed by atoms with Gasteiger partial charge in [0.2, 0.25) is 5.91 Å². The minimum Gasteiger partial charge on any atom is -0.404 e. The summed E-state index contributed by atoms with van der Waals surface area (Å²) in [6.07, 6.45) is 1.84. The first-order valence-electron chi connectivity index (χ1n) is 10.8. The van der Waals surface area contributed by atoms with Crippen LogP contribution in [0.3, 0.4) is 0 Å². The van der Waals surface area contributed by atoms with Crippen molar-refractivity contribution in [2.24, 2.45) is 10.7 Å². The highest BCUT2D eigenvalue weighted by Gasteiger charge is 2.27. The molecule has 0 radical (unpaired) electrons. The zero-order valence-corrected chi connectivity index (χ0v) is 19.8. The average Bonchev–Trinajstić information content (AvgIpc) is 3.26. The predicted molar refractivity (Wildman–Crippen MR) is 133 cm³/mol. The number of carbonyl (C=O) groups excluding carboxylic acids is 2. The highest BCUT2D eigenvalue weighted by atomic mass is 19.4. The van der Waals surface area contributed by atoms with E-state index in [4.69, 9.17) is 5.73 Å². The van der Waals surface area contributed by atoms with Crippen molar-refractivity contribution >= 4 is 35.1 Å². The van der Waals surface area contributed by atoms with Gasteiger partial charge in [-0.2, -0.15) is 13.2 Å². The number of hydrogen-bond acceptors (Lipinski definition) is 5. The van der Waals surface area contributed by atoms with E-state index in [0.29, 0.717) is 28.2 Å². The predicted octanol–water partition coefficient (Wildman–Crippen LogP) is 3.58. The molecule has 0 spiro atoms. The van der Waals surface area contributed by atoms with E-state index in [9.17, 15) is 22.8 Å². The smallest absolute Gasteiger partial charge is 0.404 e. The van der Waals surface area contributed by atoms with Gasteiger partial charge in [-0.25, -0.2) is 9.78 Å². The van der Waals surface area contributed by atoms with Crippen molar-refractivity contribution in [3.05, 3.63) is 60.6 Å². The molecule has 3 amide bonds. The number of nitrogens with zero attached hydrogens (tertiary/aromatic N) is 3. The normalized spacial score (nSPS) is 12.7. The average molecular weight is 502 g/mol. The molecule has 9 nitrogen and oxygen atoms in total. The minimum atomic E-state index is -4.50. The van der Waals surface area contributed by atoms with Crippen LogP contribution in [0.25, 0.3) is 22.5 Å². The number of hydrogen-bond donors (Lipinski definition) is 4. The highest BCUT2D eigenvalue weighted by molar-refractivity contribution is 6.10. The summed E-state index contributed by atoms with van der Waals surface area (Å²) >= 11 is 0. The zero-order chi connectivity index (χ0) is 26.5. The number of aromatic nitrogens is 2. The monoisotopic (exact) mass is 501 g/mol. The van der Waals surface area contributed by atoms with E-state index in [2.05, 4.69) is 20.6 Å². The van der Waals surface area contributed by atoms with E-state index >= 15 is 0 Å². The summed E-state index contributed by atoms with van der Waals surface area (Å²) in [6, 6.07) is 9.29. The van der Waals surface area contributed by atoms with Gasteiger partial charge in [0.15, 0.2) is 0 Å². The van der Waals surface area contributed by atoms with Crippen LogP contribution in [0, 0.1) is 0 Å². The van der Waals surface area contributed by atoms with E-state index < -0.39 is 24.3 Å². The largest absolute Gasteiger partial charge is 0.405 e. The fraction of sp³-hybridized carbons (Fsp3) is 0.250. The van der Waals surface area contributed by atoms with Crippen molar-refractivity contribution in [3.63, 3.8) is 0 Å². The van der Waals surface area contributed by atoms with Crippen LogP contribution < -0.4 is 21.7 Å². The SMILES string of the molecule is CNC(=O)C(C)(C)N=CC(=CN)c1ccn2c(-c3cccc(NC(=O)NCC(F)(F)F)c3)cnc2c1. The Morgan fingerprint density at radius 3 is 2.61 bits per heavy atom. The van der Waals surface area contributed by atoms with Crippen LogP contribution in [0.2, 0.25) is 0 Å². The Hall–Kier alpha value is -4.35. The Morgan fingerprint density at radius 2 is 1.94 bits per heavy atom. The molecule has 0 atom stereocenters. The number of urea groups is 1. The second kappa shape index (κ2) is 10.5. The maximum absolute atomic E-state index is 12.3. The summed E-state index contributed by atoms with van der Waals surface area (Å²) in [6.45, 7) is 1.94. The van der Waals surface area contributed by atoms with Gasteiger partial charge in [0.1, 0.15) is 17.7 Å². The third-order valence-electron chi connectivity index (χ3n) is 5.20. The fourth-order valence-electron chi connectivity index (χ4n) is 3.30. The topological polar surface area (TPSA) is 126 Å². The standard InChI is InChI=1S/C24H26F3N7O2/c1-23(2,21(35)29-3)32-12-17(11-28)15-7-8-34-19(13-30-20(34)10-15)16-5-4-6-18(9-16)33-22(36)31-14-24(25,26)27/h4-13H,14,28H2,1-3H3,(H,29,35)(H2,31,33,36). The lowest BCUT2D eigenvalue weighted by molar-refractivity contribution is -0.124. The second-order valence-corrected chi connectivity index (χ2v) is 8.31. The molecule has 5 N–H and O–H groups in total. The number of pyridine rings is 1.